The summed E-state index contributed by atoms with van der Waals surface area (Å²) in [6.45, 7) is 6.56. The molecule has 3 rings (SSSR count). The molecule has 0 N–H and O–H groups in total. The molecule has 1 aliphatic rings. The van der Waals surface area contributed by atoms with Gasteiger partial charge in [0.05, 0.1) is 25.5 Å². The average Bonchev–Trinajstić information content (AvgIpc) is 3.35. The Bertz CT molecular complexity index is 718. The Hall–Kier alpha value is -2.24. The van der Waals surface area contributed by atoms with Gasteiger partial charge in [-0.15, -0.1) is 5.10 Å². The summed E-state index contributed by atoms with van der Waals surface area (Å²) in [6.07, 6.45) is 2.89. The molecule has 0 spiro atoms. The number of nitrogens with zero attached hydrogens (tertiary/aromatic N) is 4. The SMILES string of the molecule is COc1ncc(-c2cc([C@@H]3C[C@H]3C(C)C)c(C)nn2)c(OC)n1. The maximum Gasteiger partial charge on any atom is 0.319 e. The van der Waals surface area contributed by atoms with E-state index in [4.69, 9.17) is 9.47 Å². The molecule has 1 saturated carbocycles. The predicted molar refractivity (Wildman–Crippen MR) is 86.6 cm³/mol. The molecule has 0 radical (unpaired) electrons. The van der Waals surface area contributed by atoms with E-state index in [1.165, 1.54) is 19.1 Å². The highest BCUT2D eigenvalue weighted by molar-refractivity contribution is 5.64. The van der Waals surface area contributed by atoms with Crippen molar-refractivity contribution in [3.8, 4) is 23.1 Å². The minimum atomic E-state index is 0.271. The topological polar surface area (TPSA) is 70.0 Å². The lowest BCUT2D eigenvalue weighted by Crippen LogP contribution is -2.02. The quantitative estimate of drug-likeness (QED) is 0.845. The lowest BCUT2D eigenvalue weighted by Gasteiger charge is -2.10. The molecule has 1 fully saturated rings. The van der Waals surface area contributed by atoms with E-state index in [-0.39, 0.29) is 6.01 Å². The van der Waals surface area contributed by atoms with E-state index >= 15 is 0 Å². The van der Waals surface area contributed by atoms with Crippen LogP contribution in [0.25, 0.3) is 11.3 Å². The van der Waals surface area contributed by atoms with Gasteiger partial charge in [-0.1, -0.05) is 13.8 Å². The van der Waals surface area contributed by atoms with Crippen molar-refractivity contribution in [2.45, 2.75) is 33.1 Å². The lowest BCUT2D eigenvalue weighted by atomic mass is 10.0. The van der Waals surface area contributed by atoms with Gasteiger partial charge in [0, 0.05) is 6.20 Å². The molecular weight excluding hydrogens is 292 g/mol. The van der Waals surface area contributed by atoms with Gasteiger partial charge in [0.15, 0.2) is 0 Å². The molecule has 2 atom stereocenters. The number of rotatable bonds is 5. The molecule has 2 aromatic rings. The number of methoxy groups -OCH3 is 2. The minimum Gasteiger partial charge on any atom is -0.480 e. The predicted octanol–water partition coefficient (Wildman–Crippen LogP) is 3.02. The van der Waals surface area contributed by atoms with Gasteiger partial charge in [0.2, 0.25) is 5.88 Å². The van der Waals surface area contributed by atoms with Crippen LogP contribution in [0.5, 0.6) is 11.9 Å². The Morgan fingerprint density at radius 2 is 1.96 bits per heavy atom. The van der Waals surface area contributed by atoms with E-state index in [1.54, 1.807) is 13.3 Å². The Balaban J connectivity index is 1.98. The summed E-state index contributed by atoms with van der Waals surface area (Å²) >= 11 is 0. The highest BCUT2D eigenvalue weighted by atomic mass is 16.5. The van der Waals surface area contributed by atoms with Gasteiger partial charge in [-0.05, 0) is 42.7 Å². The maximum atomic E-state index is 5.35. The minimum absolute atomic E-state index is 0.271. The molecule has 6 heteroatoms. The number of aromatic nitrogens is 4. The summed E-state index contributed by atoms with van der Waals surface area (Å²) in [4.78, 5) is 8.38. The van der Waals surface area contributed by atoms with Crippen molar-refractivity contribution in [3.05, 3.63) is 23.5 Å². The fourth-order valence-electron chi connectivity index (χ4n) is 3.06. The van der Waals surface area contributed by atoms with Gasteiger partial charge in [0.25, 0.3) is 0 Å². The summed E-state index contributed by atoms with van der Waals surface area (Å²) in [5.41, 5.74) is 3.73. The molecule has 122 valence electrons. The van der Waals surface area contributed by atoms with Crippen LogP contribution in [-0.2, 0) is 0 Å². The summed E-state index contributed by atoms with van der Waals surface area (Å²) in [6, 6.07) is 2.37. The molecule has 0 amide bonds. The summed E-state index contributed by atoms with van der Waals surface area (Å²) in [5.74, 6) is 2.45. The lowest BCUT2D eigenvalue weighted by molar-refractivity contribution is 0.353. The first-order chi connectivity index (χ1) is 11.0. The zero-order valence-corrected chi connectivity index (χ0v) is 14.2. The average molecular weight is 314 g/mol. The summed E-state index contributed by atoms with van der Waals surface area (Å²) in [5, 5.41) is 8.64. The smallest absolute Gasteiger partial charge is 0.319 e. The van der Waals surface area contributed by atoms with E-state index in [1.807, 2.05) is 6.92 Å². The fourth-order valence-corrected chi connectivity index (χ4v) is 3.06. The molecule has 0 unspecified atom stereocenters. The molecule has 6 nitrogen and oxygen atoms in total. The van der Waals surface area contributed by atoms with Crippen LogP contribution in [0.3, 0.4) is 0 Å². The standard InChI is InChI=1S/C17H22N4O2/c1-9(2)11-6-13(11)12-7-15(21-20-10(12)3)14-8-18-17(23-5)19-16(14)22-4/h7-9,11,13H,6H2,1-5H3/t11-,13+/m0/s1. The van der Waals surface area contributed by atoms with Crippen LogP contribution in [-0.4, -0.2) is 34.4 Å². The van der Waals surface area contributed by atoms with Crippen LogP contribution in [0.2, 0.25) is 0 Å². The van der Waals surface area contributed by atoms with E-state index in [0.717, 1.165) is 22.9 Å². The number of aryl methyl sites for hydroxylation is 1. The monoisotopic (exact) mass is 314 g/mol. The first-order valence-electron chi connectivity index (χ1n) is 7.84. The van der Waals surface area contributed by atoms with Crippen LogP contribution in [0.1, 0.15) is 37.4 Å². The van der Waals surface area contributed by atoms with Gasteiger partial charge in [-0.3, -0.25) is 0 Å². The van der Waals surface area contributed by atoms with Crippen LogP contribution in [0.15, 0.2) is 12.3 Å². The van der Waals surface area contributed by atoms with E-state index in [0.29, 0.717) is 17.7 Å². The molecule has 2 aromatic heterocycles. The van der Waals surface area contributed by atoms with E-state index in [9.17, 15) is 0 Å². The van der Waals surface area contributed by atoms with Gasteiger partial charge >= 0.3 is 6.01 Å². The highest BCUT2D eigenvalue weighted by Gasteiger charge is 2.41. The molecule has 0 aromatic carbocycles. The van der Waals surface area contributed by atoms with Crippen LogP contribution >= 0.6 is 0 Å². The van der Waals surface area contributed by atoms with E-state index in [2.05, 4.69) is 40.1 Å². The van der Waals surface area contributed by atoms with Gasteiger partial charge in [0.1, 0.15) is 5.69 Å². The maximum absolute atomic E-state index is 5.35. The Kier molecular flexibility index (Phi) is 4.15. The number of hydrogen-bond donors (Lipinski definition) is 0. The molecule has 0 aliphatic heterocycles. The first-order valence-corrected chi connectivity index (χ1v) is 7.84. The van der Waals surface area contributed by atoms with Crippen molar-refractivity contribution in [1.29, 1.82) is 0 Å². The Labute approximate surface area is 136 Å². The third-order valence-electron chi connectivity index (χ3n) is 4.50. The normalized spacial score (nSPS) is 19.7. The van der Waals surface area contributed by atoms with Gasteiger partial charge in [-0.25, -0.2) is 4.98 Å². The highest BCUT2D eigenvalue weighted by Crippen LogP contribution is 2.52. The fraction of sp³-hybridized carbons (Fsp3) is 0.529. The summed E-state index contributed by atoms with van der Waals surface area (Å²) < 4.78 is 10.4. The van der Waals surface area contributed by atoms with Crippen molar-refractivity contribution < 1.29 is 9.47 Å². The molecule has 23 heavy (non-hydrogen) atoms. The largest absolute Gasteiger partial charge is 0.480 e. The van der Waals surface area contributed by atoms with Crippen molar-refractivity contribution >= 4 is 0 Å². The zero-order valence-electron chi connectivity index (χ0n) is 14.2. The van der Waals surface area contributed by atoms with Crippen LogP contribution < -0.4 is 9.47 Å². The molecular formula is C17H22N4O2. The Morgan fingerprint density at radius 1 is 1.17 bits per heavy atom. The zero-order chi connectivity index (χ0) is 16.6. The third kappa shape index (κ3) is 2.98. The van der Waals surface area contributed by atoms with Crippen molar-refractivity contribution in [1.82, 2.24) is 20.2 Å². The first kappa shape index (κ1) is 15.6. The number of hydrogen-bond acceptors (Lipinski definition) is 6. The van der Waals surface area contributed by atoms with Crippen molar-refractivity contribution in [3.63, 3.8) is 0 Å². The second-order valence-corrected chi connectivity index (χ2v) is 6.30. The van der Waals surface area contributed by atoms with Gasteiger partial charge in [-0.2, -0.15) is 10.1 Å². The van der Waals surface area contributed by atoms with Crippen molar-refractivity contribution in [2.24, 2.45) is 11.8 Å². The van der Waals surface area contributed by atoms with E-state index < -0.39 is 0 Å². The molecule has 0 saturated heterocycles. The van der Waals surface area contributed by atoms with Gasteiger partial charge < -0.3 is 9.47 Å². The van der Waals surface area contributed by atoms with Crippen LogP contribution in [0.4, 0.5) is 0 Å². The second kappa shape index (κ2) is 6.10. The molecule has 0 bridgehead atoms. The van der Waals surface area contributed by atoms with Crippen molar-refractivity contribution in [2.75, 3.05) is 14.2 Å². The number of ether oxygens (including phenoxy) is 2. The second-order valence-electron chi connectivity index (χ2n) is 6.30. The third-order valence-corrected chi connectivity index (χ3v) is 4.50. The molecule has 1 aliphatic carbocycles. The Morgan fingerprint density at radius 3 is 2.57 bits per heavy atom. The molecule has 2 heterocycles. The summed E-state index contributed by atoms with van der Waals surface area (Å²) in [7, 11) is 3.10. The van der Waals surface area contributed by atoms with Crippen LogP contribution in [0, 0.1) is 18.8 Å².